The molecule has 1 saturated carbocycles. The van der Waals surface area contributed by atoms with Crippen molar-refractivity contribution in [2.45, 2.75) is 32.6 Å². The van der Waals surface area contributed by atoms with Crippen molar-refractivity contribution in [2.75, 3.05) is 17.6 Å². The number of rotatable bonds is 5. The Morgan fingerprint density at radius 3 is 2.72 bits per heavy atom. The summed E-state index contributed by atoms with van der Waals surface area (Å²) in [5, 5.41) is 12.4. The van der Waals surface area contributed by atoms with Crippen molar-refractivity contribution in [3.63, 3.8) is 0 Å². The average molecular weight is 248 g/mol. The zero-order valence-electron chi connectivity index (χ0n) is 10.7. The Labute approximate surface area is 107 Å². The topological polar surface area (TPSA) is 75.3 Å². The lowest BCUT2D eigenvalue weighted by molar-refractivity contribution is 0.0697. The number of nitrogens with one attached hydrogen (secondary N) is 1. The summed E-state index contributed by atoms with van der Waals surface area (Å²) >= 11 is 0. The van der Waals surface area contributed by atoms with Crippen LogP contribution in [0.15, 0.2) is 18.2 Å². The van der Waals surface area contributed by atoms with E-state index in [1.54, 1.807) is 18.2 Å². The first-order valence-corrected chi connectivity index (χ1v) is 6.43. The summed E-state index contributed by atoms with van der Waals surface area (Å²) < 4.78 is 0. The number of hydrogen-bond acceptors (Lipinski definition) is 3. The molecule has 4 N–H and O–H groups in total. The second-order valence-electron chi connectivity index (χ2n) is 5.17. The first-order valence-electron chi connectivity index (χ1n) is 6.43. The lowest BCUT2D eigenvalue weighted by Gasteiger charge is -2.41. The maximum Gasteiger partial charge on any atom is 0.337 e. The summed E-state index contributed by atoms with van der Waals surface area (Å²) in [5.74, 6) is -0.920. The van der Waals surface area contributed by atoms with Crippen molar-refractivity contribution in [2.24, 2.45) is 5.41 Å². The minimum atomic E-state index is -0.920. The van der Waals surface area contributed by atoms with E-state index in [1.807, 2.05) is 0 Å². The molecule has 4 nitrogen and oxygen atoms in total. The van der Waals surface area contributed by atoms with Gasteiger partial charge in [0.05, 0.1) is 11.3 Å². The fourth-order valence-electron chi connectivity index (χ4n) is 2.51. The zero-order chi connectivity index (χ0) is 13.2. The van der Waals surface area contributed by atoms with Gasteiger partial charge in [0.15, 0.2) is 0 Å². The molecule has 0 spiro atoms. The van der Waals surface area contributed by atoms with Crippen LogP contribution in [0.4, 0.5) is 11.4 Å². The zero-order valence-corrected chi connectivity index (χ0v) is 10.7. The number of hydrogen-bond donors (Lipinski definition) is 3. The van der Waals surface area contributed by atoms with Crippen LogP contribution in [0.5, 0.6) is 0 Å². The molecule has 98 valence electrons. The Balaban J connectivity index is 2.12. The summed E-state index contributed by atoms with van der Waals surface area (Å²) in [4.78, 5) is 11.1. The van der Waals surface area contributed by atoms with Crippen molar-refractivity contribution < 1.29 is 9.90 Å². The molecule has 0 amide bonds. The Kier molecular flexibility index (Phi) is 3.45. The lowest BCUT2D eigenvalue weighted by atomic mass is 9.67. The molecule has 4 heteroatoms. The summed E-state index contributed by atoms with van der Waals surface area (Å²) in [6, 6.07) is 4.87. The van der Waals surface area contributed by atoms with E-state index >= 15 is 0 Å². The fourth-order valence-corrected chi connectivity index (χ4v) is 2.51. The van der Waals surface area contributed by atoms with E-state index < -0.39 is 5.97 Å². The van der Waals surface area contributed by atoms with E-state index in [2.05, 4.69) is 12.2 Å². The fraction of sp³-hybridized carbons (Fsp3) is 0.500. The largest absolute Gasteiger partial charge is 0.478 e. The van der Waals surface area contributed by atoms with Gasteiger partial charge in [-0.25, -0.2) is 4.79 Å². The summed E-state index contributed by atoms with van der Waals surface area (Å²) in [5.41, 5.74) is 7.56. The number of nitrogen functional groups attached to an aromatic ring is 1. The SMILES string of the molecule is CCC1(CNc2cc(N)ccc2C(=O)O)CCC1. The summed E-state index contributed by atoms with van der Waals surface area (Å²) in [6.45, 7) is 3.02. The summed E-state index contributed by atoms with van der Waals surface area (Å²) in [6.07, 6.45) is 4.85. The van der Waals surface area contributed by atoms with Crippen LogP contribution in [0.25, 0.3) is 0 Å². The van der Waals surface area contributed by atoms with Crippen molar-refractivity contribution in [1.82, 2.24) is 0 Å². The Hall–Kier alpha value is -1.71. The molecule has 1 aromatic rings. The predicted molar refractivity (Wildman–Crippen MR) is 72.9 cm³/mol. The lowest BCUT2D eigenvalue weighted by Crippen LogP contribution is -2.36. The van der Waals surface area contributed by atoms with Gasteiger partial charge in [0.25, 0.3) is 0 Å². The Bertz CT molecular complexity index is 448. The van der Waals surface area contributed by atoms with Crippen LogP contribution in [-0.2, 0) is 0 Å². The third-order valence-electron chi connectivity index (χ3n) is 4.09. The van der Waals surface area contributed by atoms with E-state index in [9.17, 15) is 4.79 Å². The van der Waals surface area contributed by atoms with E-state index in [4.69, 9.17) is 10.8 Å². The smallest absolute Gasteiger partial charge is 0.337 e. The number of carboxylic acids is 1. The van der Waals surface area contributed by atoms with Gasteiger partial charge in [0, 0.05) is 12.2 Å². The molecule has 1 fully saturated rings. The monoisotopic (exact) mass is 248 g/mol. The molecule has 0 saturated heterocycles. The van der Waals surface area contributed by atoms with Gasteiger partial charge in [0.1, 0.15) is 0 Å². The predicted octanol–water partition coefficient (Wildman–Crippen LogP) is 2.96. The molecule has 0 radical (unpaired) electrons. The highest BCUT2D eigenvalue weighted by Crippen LogP contribution is 2.43. The molecular weight excluding hydrogens is 228 g/mol. The molecule has 0 heterocycles. The van der Waals surface area contributed by atoms with Gasteiger partial charge in [-0.05, 0) is 42.9 Å². The van der Waals surface area contributed by atoms with Crippen LogP contribution in [0.1, 0.15) is 43.0 Å². The van der Waals surface area contributed by atoms with Gasteiger partial charge >= 0.3 is 5.97 Å². The molecule has 0 aromatic heterocycles. The molecule has 0 unspecified atom stereocenters. The maximum atomic E-state index is 11.1. The van der Waals surface area contributed by atoms with Crippen molar-refractivity contribution in [3.05, 3.63) is 23.8 Å². The second kappa shape index (κ2) is 4.88. The van der Waals surface area contributed by atoms with E-state index in [-0.39, 0.29) is 5.56 Å². The highest BCUT2D eigenvalue weighted by Gasteiger charge is 2.34. The Morgan fingerprint density at radius 2 is 2.22 bits per heavy atom. The molecule has 1 aromatic carbocycles. The second-order valence-corrected chi connectivity index (χ2v) is 5.17. The van der Waals surface area contributed by atoms with Crippen LogP contribution in [0.2, 0.25) is 0 Å². The van der Waals surface area contributed by atoms with E-state index in [1.165, 1.54) is 19.3 Å². The maximum absolute atomic E-state index is 11.1. The van der Waals surface area contributed by atoms with Gasteiger partial charge in [-0.3, -0.25) is 0 Å². The molecule has 0 aliphatic heterocycles. The standard InChI is InChI=1S/C14H20N2O2/c1-2-14(6-3-7-14)9-16-12-8-10(15)4-5-11(12)13(17)18/h4-5,8,16H,2-3,6-7,9,15H2,1H3,(H,17,18). The molecule has 1 aliphatic rings. The van der Waals surface area contributed by atoms with Gasteiger partial charge in [-0.15, -0.1) is 0 Å². The quantitative estimate of drug-likeness (QED) is 0.700. The van der Waals surface area contributed by atoms with Gasteiger partial charge in [-0.2, -0.15) is 0 Å². The van der Waals surface area contributed by atoms with Crippen LogP contribution >= 0.6 is 0 Å². The van der Waals surface area contributed by atoms with Gasteiger partial charge in [-0.1, -0.05) is 13.3 Å². The number of carboxylic acid groups (broad SMARTS) is 1. The number of nitrogens with two attached hydrogens (primary N) is 1. The number of aromatic carboxylic acids is 1. The molecule has 0 atom stereocenters. The van der Waals surface area contributed by atoms with Crippen LogP contribution < -0.4 is 11.1 Å². The first kappa shape index (κ1) is 12.7. The third-order valence-corrected chi connectivity index (χ3v) is 4.09. The number of anilines is 2. The molecule has 18 heavy (non-hydrogen) atoms. The third kappa shape index (κ3) is 2.42. The minimum Gasteiger partial charge on any atom is -0.478 e. The van der Waals surface area contributed by atoms with Crippen molar-refractivity contribution >= 4 is 17.3 Å². The molecule has 2 rings (SSSR count). The highest BCUT2D eigenvalue weighted by atomic mass is 16.4. The minimum absolute atomic E-state index is 0.287. The normalized spacial score (nSPS) is 16.9. The first-order chi connectivity index (χ1) is 8.56. The Morgan fingerprint density at radius 1 is 1.50 bits per heavy atom. The molecule has 0 bridgehead atoms. The number of carbonyl (C=O) groups is 1. The van der Waals surface area contributed by atoms with Crippen LogP contribution in [-0.4, -0.2) is 17.6 Å². The van der Waals surface area contributed by atoms with E-state index in [0.29, 0.717) is 16.8 Å². The summed E-state index contributed by atoms with van der Waals surface area (Å²) in [7, 11) is 0. The van der Waals surface area contributed by atoms with Crippen LogP contribution in [0.3, 0.4) is 0 Å². The number of benzene rings is 1. The van der Waals surface area contributed by atoms with Gasteiger partial charge in [0.2, 0.25) is 0 Å². The highest BCUT2D eigenvalue weighted by molar-refractivity contribution is 5.95. The van der Waals surface area contributed by atoms with E-state index in [0.717, 1.165) is 13.0 Å². The molecule has 1 aliphatic carbocycles. The van der Waals surface area contributed by atoms with Crippen molar-refractivity contribution in [1.29, 1.82) is 0 Å². The van der Waals surface area contributed by atoms with Crippen molar-refractivity contribution in [3.8, 4) is 0 Å². The molecular formula is C14H20N2O2. The average Bonchev–Trinajstić information content (AvgIpc) is 2.28. The van der Waals surface area contributed by atoms with Gasteiger partial charge < -0.3 is 16.2 Å². The van der Waals surface area contributed by atoms with Crippen LogP contribution in [0, 0.1) is 5.41 Å².